The molecule has 14 heavy (non-hydrogen) atoms. The molecule has 0 unspecified atom stereocenters. The molecule has 9 heteroatoms. The number of hydrazone groups is 1. The Hall–Kier alpha value is -1.13. The molecule has 0 aliphatic carbocycles. The number of hydrogen-bond donors (Lipinski definition) is 6. The number of nitrogens with zero attached hydrogens (tertiary/aromatic N) is 3. The van der Waals surface area contributed by atoms with E-state index in [1.165, 1.54) is 0 Å². The lowest BCUT2D eigenvalue weighted by Crippen LogP contribution is -2.52. The highest BCUT2D eigenvalue weighted by Gasteiger charge is 1.89. The molecule has 84 valence electrons. The standard InChI is InChI=1S/C5H17N8O/c6-1-2-10-13(8)12-11-5(7)9-3-4-14/h10,12,14H,1-4,6,8H2,(H2-,7,9,11)/q-1. The average molecular weight is 205 g/mol. The van der Waals surface area contributed by atoms with E-state index in [1.807, 2.05) is 0 Å². The van der Waals surface area contributed by atoms with Gasteiger partial charge in [-0.2, -0.15) is 0 Å². The first-order valence-corrected chi connectivity index (χ1v) is 4.06. The van der Waals surface area contributed by atoms with Crippen LogP contribution in [0.2, 0.25) is 0 Å². The zero-order valence-corrected chi connectivity index (χ0v) is 7.85. The van der Waals surface area contributed by atoms with Crippen LogP contribution < -0.4 is 28.3 Å². The summed E-state index contributed by atoms with van der Waals surface area (Å²) in [4.78, 5) is 0. The van der Waals surface area contributed by atoms with Crippen LogP contribution in [0.1, 0.15) is 0 Å². The summed E-state index contributed by atoms with van der Waals surface area (Å²) in [6, 6.07) is 0. The molecule has 0 fully saturated rings. The van der Waals surface area contributed by atoms with Gasteiger partial charge in [-0.1, -0.05) is 5.23 Å². The SMILES string of the molecule is NCCNN(N)NN=C(N)[N-]CCO. The van der Waals surface area contributed by atoms with Crippen molar-refractivity contribution in [2.24, 2.45) is 22.4 Å². The summed E-state index contributed by atoms with van der Waals surface area (Å²) >= 11 is 0. The van der Waals surface area contributed by atoms with Crippen molar-refractivity contribution >= 4 is 5.96 Å². The molecule has 0 heterocycles. The number of nitrogens with one attached hydrogen (secondary N) is 2. The molecule has 0 aromatic carbocycles. The van der Waals surface area contributed by atoms with Gasteiger partial charge in [-0.15, -0.1) is 0 Å². The predicted octanol–water partition coefficient (Wildman–Crippen LogP) is -3.27. The van der Waals surface area contributed by atoms with Crippen LogP contribution in [0.5, 0.6) is 0 Å². The second kappa shape index (κ2) is 8.47. The van der Waals surface area contributed by atoms with Gasteiger partial charge in [0.05, 0.1) is 0 Å². The van der Waals surface area contributed by atoms with Crippen LogP contribution in [0, 0.1) is 0 Å². The Balaban J connectivity index is 3.55. The second-order valence-corrected chi connectivity index (χ2v) is 2.24. The van der Waals surface area contributed by atoms with Crippen molar-refractivity contribution in [3.8, 4) is 0 Å². The fourth-order valence-electron chi connectivity index (χ4n) is 0.525. The number of guanidine groups is 1. The summed E-state index contributed by atoms with van der Waals surface area (Å²) in [7, 11) is 0. The zero-order chi connectivity index (χ0) is 10.8. The van der Waals surface area contributed by atoms with Gasteiger partial charge in [-0.25, -0.2) is 11.3 Å². The highest BCUT2D eigenvalue weighted by Crippen LogP contribution is 1.82. The van der Waals surface area contributed by atoms with Gasteiger partial charge in [0, 0.05) is 32.2 Å². The summed E-state index contributed by atoms with van der Waals surface area (Å²) in [5.41, 5.74) is 15.6. The molecular formula is C5H17N8O-. The molecule has 0 rings (SSSR count). The molecule has 0 saturated heterocycles. The number of nitrogens with two attached hydrogens (primary N) is 3. The summed E-state index contributed by atoms with van der Waals surface area (Å²) in [6.07, 6.45) is 0. The van der Waals surface area contributed by atoms with Crippen LogP contribution in [0.3, 0.4) is 0 Å². The highest BCUT2D eigenvalue weighted by molar-refractivity contribution is 5.90. The van der Waals surface area contributed by atoms with E-state index in [9.17, 15) is 0 Å². The molecule has 9 N–H and O–H groups in total. The average Bonchev–Trinajstić information content (AvgIpc) is 2.20. The zero-order valence-electron chi connectivity index (χ0n) is 7.85. The van der Waals surface area contributed by atoms with Crippen LogP contribution in [-0.4, -0.2) is 42.5 Å². The largest absolute Gasteiger partial charge is 0.452 e. The van der Waals surface area contributed by atoms with Crippen LogP contribution in [-0.2, 0) is 0 Å². The number of hydrazine groups is 3. The third-order valence-corrected chi connectivity index (χ3v) is 1.07. The molecule has 0 radical (unpaired) electrons. The van der Waals surface area contributed by atoms with E-state index >= 15 is 0 Å². The van der Waals surface area contributed by atoms with Crippen molar-refractivity contribution in [3.63, 3.8) is 0 Å². The molecule has 0 bridgehead atoms. The van der Waals surface area contributed by atoms with Gasteiger partial charge in [0.25, 0.3) is 0 Å². The van der Waals surface area contributed by atoms with E-state index in [4.69, 9.17) is 22.4 Å². The smallest absolute Gasteiger partial charge is 0.0488 e. The normalized spacial score (nSPS) is 11.9. The minimum atomic E-state index is -0.0754. The molecule has 9 nitrogen and oxygen atoms in total. The lowest BCUT2D eigenvalue weighted by molar-refractivity contribution is 0.120. The summed E-state index contributed by atoms with van der Waals surface area (Å²) in [6.45, 7) is 1.09. The molecule has 0 amide bonds. The summed E-state index contributed by atoms with van der Waals surface area (Å²) in [5, 5.41) is 16.7. The molecule has 0 atom stereocenters. The Labute approximate surface area is 82.2 Å². The van der Waals surface area contributed by atoms with Crippen LogP contribution in [0.4, 0.5) is 0 Å². The minimum absolute atomic E-state index is 0.00375. The van der Waals surface area contributed by atoms with Gasteiger partial charge < -0.3 is 21.9 Å². The minimum Gasteiger partial charge on any atom is -0.452 e. The van der Waals surface area contributed by atoms with Crippen molar-refractivity contribution < 1.29 is 5.11 Å². The maximum absolute atomic E-state index is 8.42. The Bertz CT molecular complexity index is 162. The predicted molar refractivity (Wildman–Crippen MR) is 53.2 cm³/mol. The second-order valence-electron chi connectivity index (χ2n) is 2.24. The first kappa shape index (κ1) is 12.9. The lowest BCUT2D eigenvalue weighted by atomic mass is 10.7. The van der Waals surface area contributed by atoms with Crippen molar-refractivity contribution in [2.75, 3.05) is 26.2 Å². The quantitative estimate of drug-likeness (QED) is 0.110. The molecular weight excluding hydrogens is 188 g/mol. The Morgan fingerprint density at radius 3 is 2.86 bits per heavy atom. The van der Waals surface area contributed by atoms with Crippen molar-refractivity contribution in [2.45, 2.75) is 0 Å². The van der Waals surface area contributed by atoms with Crippen LogP contribution >= 0.6 is 0 Å². The molecule has 0 aliphatic rings. The van der Waals surface area contributed by atoms with E-state index in [2.05, 4.69) is 21.4 Å². The number of hydrogen-bond acceptors (Lipinski definition) is 7. The molecule has 0 aromatic heterocycles. The van der Waals surface area contributed by atoms with Crippen molar-refractivity contribution in [1.29, 1.82) is 0 Å². The summed E-state index contributed by atoms with van der Waals surface area (Å²) < 4.78 is 0. The third kappa shape index (κ3) is 7.52. The van der Waals surface area contributed by atoms with Gasteiger partial charge in [-0.3, -0.25) is 10.6 Å². The maximum Gasteiger partial charge on any atom is 0.0488 e. The first-order valence-electron chi connectivity index (χ1n) is 4.06. The maximum atomic E-state index is 8.42. The molecule has 0 spiro atoms. The van der Waals surface area contributed by atoms with Crippen LogP contribution in [0.15, 0.2) is 5.10 Å². The highest BCUT2D eigenvalue weighted by atomic mass is 16.3. The number of aliphatic hydroxyl groups excluding tert-OH is 1. The van der Waals surface area contributed by atoms with Gasteiger partial charge in [-0.05, 0) is 0 Å². The number of aliphatic hydroxyl groups is 1. The first-order chi connectivity index (χ1) is 6.70. The molecule has 0 aromatic rings. The monoisotopic (exact) mass is 205 g/mol. The Morgan fingerprint density at radius 1 is 1.57 bits per heavy atom. The fraction of sp³-hybridized carbons (Fsp3) is 0.800. The van der Waals surface area contributed by atoms with Crippen molar-refractivity contribution in [3.05, 3.63) is 5.32 Å². The van der Waals surface area contributed by atoms with E-state index < -0.39 is 0 Å². The van der Waals surface area contributed by atoms with Crippen LogP contribution in [0.25, 0.3) is 5.32 Å². The van der Waals surface area contributed by atoms with E-state index in [0.717, 1.165) is 5.23 Å². The number of rotatable bonds is 7. The van der Waals surface area contributed by atoms with Gasteiger partial charge in [0.1, 0.15) is 0 Å². The lowest BCUT2D eigenvalue weighted by Gasteiger charge is -2.20. The van der Waals surface area contributed by atoms with Crippen molar-refractivity contribution in [1.82, 2.24) is 16.2 Å². The Kier molecular flexibility index (Phi) is 7.78. The summed E-state index contributed by atoms with van der Waals surface area (Å²) in [5.74, 6) is 5.34. The van der Waals surface area contributed by atoms with E-state index in [1.54, 1.807) is 0 Å². The van der Waals surface area contributed by atoms with E-state index in [0.29, 0.717) is 13.1 Å². The van der Waals surface area contributed by atoms with E-state index in [-0.39, 0.29) is 19.1 Å². The fourth-order valence-corrected chi connectivity index (χ4v) is 0.525. The van der Waals surface area contributed by atoms with Gasteiger partial charge in [0.2, 0.25) is 0 Å². The Morgan fingerprint density at radius 2 is 2.29 bits per heavy atom. The topological polar surface area (TPSA) is 152 Å². The molecule has 0 saturated carbocycles. The van der Waals surface area contributed by atoms with Gasteiger partial charge in [0.15, 0.2) is 0 Å². The molecule has 0 aliphatic heterocycles. The third-order valence-electron chi connectivity index (χ3n) is 1.07. The van der Waals surface area contributed by atoms with Gasteiger partial charge >= 0.3 is 0 Å².